The van der Waals surface area contributed by atoms with E-state index in [9.17, 15) is 13.2 Å². The molecule has 2 aliphatic rings. The number of nitrogens with zero attached hydrogens (tertiary/aromatic N) is 2. The summed E-state index contributed by atoms with van der Waals surface area (Å²) >= 11 is 5.92. The monoisotopic (exact) mass is 433 g/mol. The number of carbonyl (C=O) groups excluding carboxylic acids is 1. The lowest BCUT2D eigenvalue weighted by Crippen LogP contribution is -2.46. The summed E-state index contributed by atoms with van der Waals surface area (Å²) in [4.78, 5) is 14.7. The highest BCUT2D eigenvalue weighted by atomic mass is 35.5. The van der Waals surface area contributed by atoms with Crippen molar-refractivity contribution in [3.8, 4) is 5.75 Å². The molecule has 4 rings (SSSR count). The second-order valence-electron chi connectivity index (χ2n) is 6.83. The number of likely N-dealkylation sites (tertiary alicyclic amines) is 1. The van der Waals surface area contributed by atoms with Crippen LogP contribution in [0.3, 0.4) is 0 Å². The van der Waals surface area contributed by atoms with Gasteiger partial charge >= 0.3 is 0 Å². The van der Waals surface area contributed by atoms with E-state index in [-0.39, 0.29) is 10.8 Å². The molecule has 1 atom stereocenters. The lowest BCUT2D eigenvalue weighted by Gasteiger charge is -2.25. The van der Waals surface area contributed by atoms with Gasteiger partial charge in [-0.2, -0.15) is 8.42 Å². The molecule has 1 amide bonds. The molecule has 0 aliphatic carbocycles. The molecule has 0 saturated carbocycles. The van der Waals surface area contributed by atoms with Crippen LogP contribution in [0.4, 0.5) is 0 Å². The number of amidine groups is 1. The highest BCUT2D eigenvalue weighted by Crippen LogP contribution is 2.31. The molecule has 2 aromatic rings. The number of sulfonamides is 1. The van der Waals surface area contributed by atoms with E-state index in [1.54, 1.807) is 53.4 Å². The molecule has 1 fully saturated rings. The third-order valence-electron chi connectivity index (χ3n) is 4.91. The van der Waals surface area contributed by atoms with Gasteiger partial charge in [0.15, 0.2) is 5.84 Å². The van der Waals surface area contributed by atoms with Crippen molar-refractivity contribution in [1.82, 2.24) is 10.2 Å². The van der Waals surface area contributed by atoms with Crippen molar-refractivity contribution < 1.29 is 17.9 Å². The lowest BCUT2D eigenvalue weighted by atomic mass is 10.1. The van der Waals surface area contributed by atoms with Crippen LogP contribution in [0.25, 0.3) is 0 Å². The van der Waals surface area contributed by atoms with Gasteiger partial charge in [-0.15, -0.1) is 4.40 Å². The normalized spacial score (nSPS) is 19.6. The number of rotatable bonds is 5. The van der Waals surface area contributed by atoms with Gasteiger partial charge in [0.1, 0.15) is 23.3 Å². The van der Waals surface area contributed by atoms with Gasteiger partial charge in [-0.3, -0.25) is 4.79 Å². The molecule has 152 valence electrons. The number of hydrogen-bond acceptors (Lipinski definition) is 5. The summed E-state index contributed by atoms with van der Waals surface area (Å²) in [7, 11) is -3.71. The molecule has 9 heteroatoms. The predicted octanol–water partition coefficient (Wildman–Crippen LogP) is 2.45. The van der Waals surface area contributed by atoms with Gasteiger partial charge in [0.25, 0.3) is 10.0 Å². The van der Waals surface area contributed by atoms with Crippen molar-refractivity contribution in [2.75, 3.05) is 19.7 Å². The van der Waals surface area contributed by atoms with Crippen LogP contribution in [0.2, 0.25) is 5.02 Å². The first kappa shape index (κ1) is 19.7. The smallest absolute Gasteiger partial charge is 0.285 e. The molecular weight excluding hydrogens is 414 g/mol. The molecular formula is C20H20ClN3O4S. The van der Waals surface area contributed by atoms with E-state index in [1.807, 2.05) is 0 Å². The Morgan fingerprint density at radius 3 is 2.90 bits per heavy atom. The van der Waals surface area contributed by atoms with E-state index in [2.05, 4.69) is 9.71 Å². The predicted molar refractivity (Wildman–Crippen MR) is 110 cm³/mol. The Bertz CT molecular complexity index is 1070. The minimum Gasteiger partial charge on any atom is -0.492 e. The Balaban J connectivity index is 1.39. The third-order valence-corrected chi connectivity index (χ3v) is 6.47. The summed E-state index contributed by atoms with van der Waals surface area (Å²) in [6.07, 6.45) is 1.43. The van der Waals surface area contributed by atoms with E-state index in [4.69, 9.17) is 16.3 Å². The molecule has 1 N–H and O–H groups in total. The van der Waals surface area contributed by atoms with E-state index in [1.165, 1.54) is 0 Å². The zero-order chi connectivity index (χ0) is 20.4. The fraction of sp³-hybridized carbons (Fsp3) is 0.300. The van der Waals surface area contributed by atoms with Gasteiger partial charge in [-0.05, 0) is 43.2 Å². The largest absolute Gasteiger partial charge is 0.492 e. The van der Waals surface area contributed by atoms with Crippen molar-refractivity contribution in [2.45, 2.75) is 23.8 Å². The number of hydrogen-bond donors (Lipinski definition) is 1. The summed E-state index contributed by atoms with van der Waals surface area (Å²) in [5.41, 5.74) is 0.552. The standard InChI is InChI=1S/C20H20ClN3O4S/c21-14-5-3-6-15(13-14)28-12-10-22-20(25)17-8-4-11-24(17)19-16-7-1-2-9-18(16)29(26,27)23-19/h1-3,5-7,9,13,17H,4,8,10-12H2,(H,22,25)/t17-/m0/s1. The Labute approximate surface area is 174 Å². The van der Waals surface area contributed by atoms with Gasteiger partial charge in [0.05, 0.1) is 6.54 Å². The summed E-state index contributed by atoms with van der Waals surface area (Å²) < 4.78 is 34.2. The van der Waals surface area contributed by atoms with Crippen LogP contribution in [0.15, 0.2) is 57.8 Å². The quantitative estimate of drug-likeness (QED) is 0.732. The van der Waals surface area contributed by atoms with E-state index >= 15 is 0 Å². The summed E-state index contributed by atoms with van der Waals surface area (Å²) in [5.74, 6) is 0.825. The molecule has 1 saturated heterocycles. The first-order valence-corrected chi connectivity index (χ1v) is 11.1. The van der Waals surface area contributed by atoms with Crippen LogP contribution in [-0.4, -0.2) is 50.8 Å². The van der Waals surface area contributed by atoms with Crippen LogP contribution >= 0.6 is 11.6 Å². The summed E-state index contributed by atoms with van der Waals surface area (Å²) in [6.45, 7) is 1.22. The second kappa shape index (κ2) is 8.04. The van der Waals surface area contributed by atoms with Gasteiger partial charge in [-0.25, -0.2) is 0 Å². The van der Waals surface area contributed by atoms with Crippen molar-refractivity contribution >= 4 is 33.4 Å². The van der Waals surface area contributed by atoms with Gasteiger partial charge in [0.2, 0.25) is 5.91 Å². The number of ether oxygens (including phenoxy) is 1. The fourth-order valence-corrected chi connectivity index (χ4v) is 5.00. The molecule has 0 unspecified atom stereocenters. The molecule has 7 nitrogen and oxygen atoms in total. The van der Waals surface area contributed by atoms with Crippen molar-refractivity contribution in [2.24, 2.45) is 4.40 Å². The first-order valence-electron chi connectivity index (χ1n) is 9.33. The Hall–Kier alpha value is -2.58. The third kappa shape index (κ3) is 4.09. The Kier molecular flexibility index (Phi) is 5.47. The van der Waals surface area contributed by atoms with E-state index < -0.39 is 16.1 Å². The summed E-state index contributed by atoms with van der Waals surface area (Å²) in [5, 5.41) is 3.45. The van der Waals surface area contributed by atoms with Crippen LogP contribution in [0.1, 0.15) is 18.4 Å². The van der Waals surface area contributed by atoms with Crippen LogP contribution in [0, 0.1) is 0 Å². The maximum absolute atomic E-state index is 12.7. The SMILES string of the molecule is O=C(NCCOc1cccc(Cl)c1)[C@@H]1CCCN1C1=NS(=O)(=O)c2ccccc21. The zero-order valence-corrected chi connectivity index (χ0v) is 17.1. The number of fused-ring (bicyclic) bond motifs is 1. The van der Waals surface area contributed by atoms with Crippen molar-refractivity contribution in [3.05, 3.63) is 59.1 Å². The lowest BCUT2D eigenvalue weighted by molar-refractivity contribution is -0.124. The molecule has 0 bridgehead atoms. The number of carbonyl (C=O) groups is 1. The molecule has 2 heterocycles. The highest BCUT2D eigenvalue weighted by Gasteiger charge is 2.39. The van der Waals surface area contributed by atoms with Gasteiger partial charge in [0, 0.05) is 17.1 Å². The number of nitrogens with one attached hydrogen (secondary N) is 1. The van der Waals surface area contributed by atoms with Gasteiger partial charge < -0.3 is 15.0 Å². The molecule has 0 aromatic heterocycles. The van der Waals surface area contributed by atoms with Crippen LogP contribution < -0.4 is 10.1 Å². The maximum Gasteiger partial charge on any atom is 0.285 e. The average molecular weight is 434 g/mol. The highest BCUT2D eigenvalue weighted by molar-refractivity contribution is 7.90. The first-order chi connectivity index (χ1) is 14.0. The van der Waals surface area contributed by atoms with E-state index in [0.717, 1.165) is 6.42 Å². The van der Waals surface area contributed by atoms with Crippen LogP contribution in [-0.2, 0) is 14.8 Å². The number of amides is 1. The summed E-state index contributed by atoms with van der Waals surface area (Å²) in [6, 6.07) is 13.3. The Morgan fingerprint density at radius 1 is 1.24 bits per heavy atom. The van der Waals surface area contributed by atoms with Gasteiger partial charge in [-0.1, -0.05) is 29.8 Å². The second-order valence-corrected chi connectivity index (χ2v) is 8.84. The topological polar surface area (TPSA) is 88.1 Å². The Morgan fingerprint density at radius 2 is 2.07 bits per heavy atom. The average Bonchev–Trinajstić information content (AvgIpc) is 3.28. The zero-order valence-electron chi connectivity index (χ0n) is 15.5. The molecule has 0 radical (unpaired) electrons. The van der Waals surface area contributed by atoms with E-state index in [0.29, 0.717) is 48.3 Å². The minimum atomic E-state index is -3.71. The minimum absolute atomic E-state index is 0.165. The number of benzene rings is 2. The fourth-order valence-electron chi connectivity index (χ4n) is 3.61. The molecule has 2 aliphatic heterocycles. The van der Waals surface area contributed by atoms with Crippen molar-refractivity contribution in [1.29, 1.82) is 0 Å². The van der Waals surface area contributed by atoms with Crippen LogP contribution in [0.5, 0.6) is 5.75 Å². The molecule has 29 heavy (non-hydrogen) atoms. The molecule has 2 aromatic carbocycles. The maximum atomic E-state index is 12.7. The number of halogens is 1. The molecule has 0 spiro atoms. The van der Waals surface area contributed by atoms with Crippen molar-refractivity contribution in [3.63, 3.8) is 0 Å².